The summed E-state index contributed by atoms with van der Waals surface area (Å²) in [6.07, 6.45) is 4.23. The molecule has 1 aliphatic heterocycles. The summed E-state index contributed by atoms with van der Waals surface area (Å²) in [5, 5.41) is 10.8. The predicted molar refractivity (Wildman–Crippen MR) is 109 cm³/mol. The fourth-order valence-corrected chi connectivity index (χ4v) is 3.66. The quantitative estimate of drug-likeness (QED) is 0.370. The Morgan fingerprint density at radius 1 is 1.34 bits per heavy atom. The van der Waals surface area contributed by atoms with E-state index in [2.05, 4.69) is 6.92 Å². The van der Waals surface area contributed by atoms with E-state index in [1.807, 2.05) is 13.0 Å². The second-order valence-corrected chi connectivity index (χ2v) is 7.57. The summed E-state index contributed by atoms with van der Waals surface area (Å²) in [6, 6.07) is 7.82. The van der Waals surface area contributed by atoms with Gasteiger partial charge in [0.2, 0.25) is 0 Å². The van der Waals surface area contributed by atoms with E-state index in [1.54, 1.807) is 19.1 Å². The van der Waals surface area contributed by atoms with Gasteiger partial charge in [0.15, 0.2) is 5.43 Å². The standard InChI is InChI=1S/C22H25NO6/c1-14(12-16-7-9-17(10-8-16)23(25)26)21-22(3,29-21)11-5-6-18-15(2)28-20(27-4)13-19(18)24/h7-10,12-13,21H,5-6,11H2,1-4H3/b14-12-. The Balaban J connectivity index is 1.58. The first kappa shape index (κ1) is 20.8. The van der Waals surface area contributed by atoms with Crippen molar-refractivity contribution in [2.24, 2.45) is 0 Å². The second-order valence-electron chi connectivity index (χ2n) is 7.57. The van der Waals surface area contributed by atoms with Crippen LogP contribution in [0.2, 0.25) is 0 Å². The van der Waals surface area contributed by atoms with Crippen molar-refractivity contribution in [2.45, 2.75) is 51.7 Å². The Morgan fingerprint density at radius 3 is 2.62 bits per heavy atom. The van der Waals surface area contributed by atoms with E-state index in [-0.39, 0.29) is 28.8 Å². The molecule has 2 heterocycles. The van der Waals surface area contributed by atoms with E-state index in [4.69, 9.17) is 13.9 Å². The summed E-state index contributed by atoms with van der Waals surface area (Å²) < 4.78 is 16.4. The third-order valence-electron chi connectivity index (χ3n) is 5.32. The third-order valence-corrected chi connectivity index (χ3v) is 5.32. The van der Waals surface area contributed by atoms with Gasteiger partial charge in [-0.25, -0.2) is 0 Å². The number of nitrogens with zero attached hydrogens (tertiary/aromatic N) is 1. The van der Waals surface area contributed by atoms with Crippen molar-refractivity contribution in [3.8, 4) is 5.95 Å². The van der Waals surface area contributed by atoms with Gasteiger partial charge in [0.05, 0.1) is 23.7 Å². The molecule has 1 fully saturated rings. The predicted octanol–water partition coefficient (Wildman–Crippen LogP) is 4.45. The molecular weight excluding hydrogens is 374 g/mol. The molecule has 0 saturated carbocycles. The van der Waals surface area contributed by atoms with Crippen molar-refractivity contribution >= 4 is 11.8 Å². The Hall–Kier alpha value is -2.93. The van der Waals surface area contributed by atoms with Crippen LogP contribution >= 0.6 is 0 Å². The fraction of sp³-hybridized carbons (Fsp3) is 0.409. The molecule has 0 spiro atoms. The van der Waals surface area contributed by atoms with Gasteiger partial charge in [-0.2, -0.15) is 0 Å². The Labute approximate surface area is 169 Å². The van der Waals surface area contributed by atoms with Gasteiger partial charge >= 0.3 is 0 Å². The SMILES string of the molecule is COc1cc(=O)c(CCCC2(C)OC2/C(C)=C\c2ccc([N+](=O)[O-])cc2)c(C)o1. The van der Waals surface area contributed by atoms with Crippen molar-refractivity contribution in [3.63, 3.8) is 0 Å². The van der Waals surface area contributed by atoms with Gasteiger partial charge in [0.25, 0.3) is 11.6 Å². The Morgan fingerprint density at radius 2 is 2.03 bits per heavy atom. The zero-order valence-electron chi connectivity index (χ0n) is 17.1. The normalized spacial score (nSPS) is 21.1. The first-order valence-corrected chi connectivity index (χ1v) is 9.51. The molecular formula is C22H25NO6. The number of hydrogen-bond acceptors (Lipinski definition) is 6. The molecule has 0 radical (unpaired) electrons. The average Bonchev–Trinajstić information content (AvgIpc) is 3.36. The van der Waals surface area contributed by atoms with Crippen molar-refractivity contribution in [2.75, 3.05) is 7.11 Å². The number of hydrogen-bond donors (Lipinski definition) is 0. The highest BCUT2D eigenvalue weighted by Gasteiger charge is 2.52. The lowest BCUT2D eigenvalue weighted by atomic mass is 9.94. The molecule has 0 bridgehead atoms. The van der Waals surface area contributed by atoms with E-state index in [0.717, 1.165) is 24.0 Å². The van der Waals surface area contributed by atoms with Crippen LogP contribution in [0.4, 0.5) is 5.69 Å². The summed E-state index contributed by atoms with van der Waals surface area (Å²) in [4.78, 5) is 22.6. The molecule has 2 aromatic rings. The van der Waals surface area contributed by atoms with Gasteiger partial charge in [0, 0.05) is 17.7 Å². The van der Waals surface area contributed by atoms with E-state index in [0.29, 0.717) is 17.7 Å². The van der Waals surface area contributed by atoms with Crippen molar-refractivity contribution in [3.05, 3.63) is 73.1 Å². The van der Waals surface area contributed by atoms with Crippen LogP contribution < -0.4 is 10.2 Å². The van der Waals surface area contributed by atoms with Crippen LogP contribution in [0.3, 0.4) is 0 Å². The van der Waals surface area contributed by atoms with E-state index in [9.17, 15) is 14.9 Å². The molecule has 1 saturated heterocycles. The van der Waals surface area contributed by atoms with Crippen LogP contribution in [0, 0.1) is 17.0 Å². The molecule has 3 rings (SSSR count). The molecule has 2 unspecified atom stereocenters. The third kappa shape index (κ3) is 4.74. The second kappa shape index (κ2) is 8.21. The smallest absolute Gasteiger partial charge is 0.288 e. The van der Waals surface area contributed by atoms with Gasteiger partial charge in [-0.15, -0.1) is 0 Å². The lowest BCUT2D eigenvalue weighted by Crippen LogP contribution is -2.14. The molecule has 29 heavy (non-hydrogen) atoms. The zero-order valence-corrected chi connectivity index (χ0v) is 17.1. The monoisotopic (exact) mass is 399 g/mol. The van der Waals surface area contributed by atoms with Crippen molar-refractivity contribution in [1.29, 1.82) is 0 Å². The number of non-ortho nitro benzene ring substituents is 1. The number of benzene rings is 1. The van der Waals surface area contributed by atoms with E-state index >= 15 is 0 Å². The van der Waals surface area contributed by atoms with Crippen LogP contribution in [-0.2, 0) is 11.2 Å². The van der Waals surface area contributed by atoms with Crippen LogP contribution in [0.1, 0.15) is 43.6 Å². The van der Waals surface area contributed by atoms with E-state index < -0.39 is 4.92 Å². The van der Waals surface area contributed by atoms with Gasteiger partial charge in [-0.05, 0) is 63.3 Å². The zero-order chi connectivity index (χ0) is 21.2. The minimum atomic E-state index is -0.410. The first-order chi connectivity index (χ1) is 13.7. The lowest BCUT2D eigenvalue weighted by molar-refractivity contribution is -0.384. The molecule has 2 atom stereocenters. The van der Waals surface area contributed by atoms with Gasteiger partial charge < -0.3 is 13.9 Å². The number of epoxide rings is 1. The van der Waals surface area contributed by atoms with Gasteiger partial charge in [0.1, 0.15) is 11.9 Å². The first-order valence-electron chi connectivity index (χ1n) is 9.51. The number of nitro benzene ring substituents is 1. The average molecular weight is 399 g/mol. The molecule has 1 aliphatic rings. The molecule has 7 heteroatoms. The summed E-state index contributed by atoms with van der Waals surface area (Å²) in [5.41, 5.74) is 2.38. The van der Waals surface area contributed by atoms with Crippen LogP contribution in [0.15, 0.2) is 45.1 Å². The molecule has 154 valence electrons. The minimum absolute atomic E-state index is 0.00562. The van der Waals surface area contributed by atoms with Crippen LogP contribution in [-0.4, -0.2) is 23.7 Å². The van der Waals surface area contributed by atoms with Gasteiger partial charge in [-0.1, -0.05) is 6.08 Å². The topological polar surface area (TPSA) is 95.1 Å². The molecule has 1 aromatic heterocycles. The molecule has 0 N–H and O–H groups in total. The fourth-order valence-electron chi connectivity index (χ4n) is 3.66. The number of ether oxygens (including phenoxy) is 2. The maximum absolute atomic E-state index is 12.2. The summed E-state index contributed by atoms with van der Waals surface area (Å²) >= 11 is 0. The van der Waals surface area contributed by atoms with Crippen molar-refractivity contribution < 1.29 is 18.8 Å². The van der Waals surface area contributed by atoms with Crippen LogP contribution in [0.25, 0.3) is 6.08 Å². The molecule has 0 amide bonds. The van der Waals surface area contributed by atoms with Crippen molar-refractivity contribution in [1.82, 2.24) is 0 Å². The lowest BCUT2D eigenvalue weighted by Gasteiger charge is -2.09. The molecule has 0 aliphatic carbocycles. The summed E-state index contributed by atoms with van der Waals surface area (Å²) in [7, 11) is 1.47. The Kier molecular flexibility index (Phi) is 5.88. The minimum Gasteiger partial charge on any atom is -0.468 e. The highest BCUT2D eigenvalue weighted by Crippen LogP contribution is 2.45. The molecule has 1 aromatic carbocycles. The van der Waals surface area contributed by atoms with E-state index in [1.165, 1.54) is 25.3 Å². The maximum atomic E-state index is 12.2. The number of nitro groups is 1. The highest BCUT2D eigenvalue weighted by atomic mass is 16.6. The van der Waals surface area contributed by atoms with Gasteiger partial charge in [-0.3, -0.25) is 14.9 Å². The number of aryl methyl sites for hydroxylation is 1. The number of rotatable bonds is 8. The number of methoxy groups -OCH3 is 1. The van der Waals surface area contributed by atoms with Crippen LogP contribution in [0.5, 0.6) is 5.95 Å². The summed E-state index contributed by atoms with van der Waals surface area (Å²) in [5.74, 6) is 0.808. The maximum Gasteiger partial charge on any atom is 0.288 e. The largest absolute Gasteiger partial charge is 0.468 e. The highest BCUT2D eigenvalue weighted by molar-refractivity contribution is 5.56. The summed E-state index contributed by atoms with van der Waals surface area (Å²) in [6.45, 7) is 5.84. The molecule has 7 nitrogen and oxygen atoms in total. The Bertz CT molecular complexity index is 991.